The van der Waals surface area contributed by atoms with Crippen molar-refractivity contribution in [3.63, 3.8) is 0 Å². The largest absolute Gasteiger partial charge is 0.477 e. The third kappa shape index (κ3) is 14.1. The van der Waals surface area contributed by atoms with Crippen LogP contribution in [-0.4, -0.2) is 55.8 Å². The number of allylic oxidation sites excluding steroid dienone is 1. The molecule has 234 valence electrons. The molecular formula is C33H62NO6+. The maximum Gasteiger partial charge on any atom is 0.363 e. The van der Waals surface area contributed by atoms with Crippen LogP contribution >= 0.6 is 0 Å². The molecule has 7 heteroatoms. The molecule has 0 fully saturated rings. The SMILES string of the molecule is CCCCCCCCCCCCCCCC/C=C/[N+](C(CCC)C(=O)O)(C(CCC)C(=O)O)C(CCC)C(=O)O. The molecule has 40 heavy (non-hydrogen) atoms. The lowest BCUT2D eigenvalue weighted by Gasteiger charge is -2.47. The number of carboxylic acids is 3. The van der Waals surface area contributed by atoms with E-state index in [0.717, 1.165) is 19.3 Å². The Hall–Kier alpha value is -1.89. The Balaban J connectivity index is 5.22. The maximum atomic E-state index is 12.5. The number of nitrogens with zero attached hydrogens (tertiary/aromatic N) is 1. The highest BCUT2D eigenvalue weighted by Crippen LogP contribution is 2.34. The molecule has 3 unspecified atom stereocenters. The Kier molecular flexibility index (Phi) is 22.7. The van der Waals surface area contributed by atoms with Crippen LogP contribution in [0, 0.1) is 0 Å². The van der Waals surface area contributed by atoms with E-state index in [2.05, 4.69) is 6.92 Å². The molecule has 0 saturated carbocycles. The van der Waals surface area contributed by atoms with Gasteiger partial charge in [-0.25, -0.2) is 14.4 Å². The molecule has 7 nitrogen and oxygen atoms in total. The third-order valence-corrected chi connectivity index (χ3v) is 8.25. The Morgan fingerprint density at radius 1 is 0.500 bits per heavy atom. The molecular weight excluding hydrogens is 506 g/mol. The van der Waals surface area contributed by atoms with Crippen molar-refractivity contribution in [3.05, 3.63) is 12.3 Å². The van der Waals surface area contributed by atoms with Gasteiger partial charge in [-0.05, 0) is 38.2 Å². The number of rotatable bonds is 28. The predicted molar refractivity (Wildman–Crippen MR) is 163 cm³/mol. The average molecular weight is 569 g/mol. The van der Waals surface area contributed by atoms with Crippen LogP contribution in [0.1, 0.15) is 163 Å². The van der Waals surface area contributed by atoms with Crippen LogP contribution in [0.3, 0.4) is 0 Å². The number of carboxylic acid groups (broad SMARTS) is 3. The van der Waals surface area contributed by atoms with Crippen molar-refractivity contribution in [1.29, 1.82) is 0 Å². The van der Waals surface area contributed by atoms with Crippen molar-refractivity contribution >= 4 is 17.9 Å². The molecule has 0 aliphatic rings. The number of aliphatic carboxylic acids is 3. The molecule has 0 amide bonds. The second-order valence-corrected chi connectivity index (χ2v) is 11.6. The minimum absolute atomic E-state index is 0.222. The second kappa shape index (κ2) is 23.8. The maximum absolute atomic E-state index is 12.5. The fourth-order valence-electron chi connectivity index (χ4n) is 6.11. The molecule has 0 aromatic rings. The zero-order chi connectivity index (χ0) is 30.2. The zero-order valence-electron chi connectivity index (χ0n) is 26.2. The van der Waals surface area contributed by atoms with Gasteiger partial charge < -0.3 is 15.3 Å². The van der Waals surface area contributed by atoms with Crippen molar-refractivity contribution in [2.75, 3.05) is 0 Å². The summed E-state index contributed by atoms with van der Waals surface area (Å²) in [5.41, 5.74) is 0. The fourth-order valence-corrected chi connectivity index (χ4v) is 6.11. The summed E-state index contributed by atoms with van der Waals surface area (Å²) in [5.74, 6) is -3.40. The van der Waals surface area contributed by atoms with Gasteiger partial charge >= 0.3 is 17.9 Å². The first-order valence-corrected chi connectivity index (χ1v) is 16.5. The van der Waals surface area contributed by atoms with E-state index in [4.69, 9.17) is 0 Å². The first-order chi connectivity index (χ1) is 19.2. The van der Waals surface area contributed by atoms with Gasteiger partial charge in [0.2, 0.25) is 0 Å². The number of quaternary nitrogens is 1. The number of hydrogen-bond acceptors (Lipinski definition) is 3. The van der Waals surface area contributed by atoms with Gasteiger partial charge in [-0.3, -0.25) is 4.48 Å². The minimum Gasteiger partial charge on any atom is -0.477 e. The normalized spacial score (nSPS) is 15.5. The van der Waals surface area contributed by atoms with Gasteiger partial charge in [0.05, 0.1) is 6.20 Å². The van der Waals surface area contributed by atoms with Gasteiger partial charge in [0, 0.05) is 19.3 Å². The number of hydrogen-bond donors (Lipinski definition) is 3. The average Bonchev–Trinajstić information content (AvgIpc) is 2.91. The molecule has 0 radical (unpaired) electrons. The highest BCUT2D eigenvalue weighted by atomic mass is 16.4. The van der Waals surface area contributed by atoms with E-state index in [1.54, 1.807) is 6.20 Å². The van der Waals surface area contributed by atoms with Crippen LogP contribution in [-0.2, 0) is 14.4 Å². The molecule has 0 aromatic carbocycles. The smallest absolute Gasteiger partial charge is 0.363 e. The topological polar surface area (TPSA) is 112 Å². The van der Waals surface area contributed by atoms with Crippen LogP contribution in [0.4, 0.5) is 0 Å². The van der Waals surface area contributed by atoms with Crippen molar-refractivity contribution in [1.82, 2.24) is 0 Å². The van der Waals surface area contributed by atoms with E-state index in [9.17, 15) is 29.7 Å². The van der Waals surface area contributed by atoms with Crippen LogP contribution in [0.15, 0.2) is 12.3 Å². The summed E-state index contributed by atoms with van der Waals surface area (Å²) < 4.78 is -0.547. The van der Waals surface area contributed by atoms with Crippen LogP contribution in [0.25, 0.3) is 0 Å². The Labute approximate surface area is 245 Å². The summed E-state index contributed by atoms with van der Waals surface area (Å²) in [4.78, 5) is 37.6. The van der Waals surface area contributed by atoms with Crippen LogP contribution in [0.5, 0.6) is 0 Å². The lowest BCUT2D eigenvalue weighted by atomic mass is 9.93. The Morgan fingerprint density at radius 3 is 1.07 bits per heavy atom. The molecule has 3 N–H and O–H groups in total. The van der Waals surface area contributed by atoms with Crippen molar-refractivity contribution < 1.29 is 34.2 Å². The van der Waals surface area contributed by atoms with Gasteiger partial charge in [-0.15, -0.1) is 0 Å². The molecule has 0 bridgehead atoms. The number of carbonyl (C=O) groups is 3. The van der Waals surface area contributed by atoms with Crippen molar-refractivity contribution in [3.8, 4) is 0 Å². The van der Waals surface area contributed by atoms with E-state index < -0.39 is 40.5 Å². The Bertz CT molecular complexity index is 647. The van der Waals surface area contributed by atoms with Crippen LogP contribution in [0.2, 0.25) is 0 Å². The van der Waals surface area contributed by atoms with Gasteiger partial charge in [-0.2, -0.15) is 0 Å². The second-order valence-electron chi connectivity index (χ2n) is 11.6. The fraction of sp³-hybridized carbons (Fsp3) is 0.848. The molecule has 0 aromatic heterocycles. The highest BCUT2D eigenvalue weighted by molar-refractivity contribution is 5.78. The van der Waals surface area contributed by atoms with E-state index in [1.807, 2.05) is 26.8 Å². The summed E-state index contributed by atoms with van der Waals surface area (Å²) in [6.45, 7) is 7.82. The summed E-state index contributed by atoms with van der Waals surface area (Å²) in [6.07, 6.45) is 24.2. The zero-order valence-corrected chi connectivity index (χ0v) is 26.2. The predicted octanol–water partition coefficient (Wildman–Crippen LogP) is 8.95. The lowest BCUT2D eigenvalue weighted by molar-refractivity contribution is -0.928. The third-order valence-electron chi connectivity index (χ3n) is 8.25. The van der Waals surface area contributed by atoms with E-state index in [-0.39, 0.29) is 19.3 Å². The highest BCUT2D eigenvalue weighted by Gasteiger charge is 2.56. The first-order valence-electron chi connectivity index (χ1n) is 16.5. The molecule has 3 atom stereocenters. The van der Waals surface area contributed by atoms with Crippen LogP contribution < -0.4 is 0 Å². The van der Waals surface area contributed by atoms with E-state index >= 15 is 0 Å². The van der Waals surface area contributed by atoms with Gasteiger partial charge in [-0.1, -0.05) is 111 Å². The van der Waals surface area contributed by atoms with Crippen molar-refractivity contribution in [2.45, 2.75) is 181 Å². The standard InChI is InChI=1S/C33H61NO6/c1-5-9-10-11-12-13-14-15-16-17-18-19-20-21-22-23-27-34(28(24-6-2)31(35)36,29(25-7-3)32(37)38)30(26-8-4)33(39)40/h23,27-30H,5-22,24-26H2,1-4H3,(H2-,35,36,37,38,39,40)/p+1/b27-23+. The summed E-state index contributed by atoms with van der Waals surface area (Å²) in [5, 5.41) is 30.7. The van der Waals surface area contributed by atoms with Gasteiger partial charge in [0.1, 0.15) is 0 Å². The summed E-state index contributed by atoms with van der Waals surface area (Å²) in [7, 11) is 0. The monoisotopic (exact) mass is 568 g/mol. The van der Waals surface area contributed by atoms with Gasteiger partial charge in [0.25, 0.3) is 0 Å². The minimum atomic E-state index is -1.13. The quantitative estimate of drug-likeness (QED) is 0.0641. The summed E-state index contributed by atoms with van der Waals surface area (Å²) >= 11 is 0. The first kappa shape index (κ1) is 38.1. The van der Waals surface area contributed by atoms with Crippen molar-refractivity contribution in [2.24, 2.45) is 0 Å². The van der Waals surface area contributed by atoms with E-state index in [1.165, 1.54) is 70.6 Å². The number of unbranched alkanes of at least 4 members (excludes halogenated alkanes) is 14. The lowest BCUT2D eigenvalue weighted by Crippen LogP contribution is -2.69. The molecule has 0 rings (SSSR count). The Morgan fingerprint density at radius 2 is 0.800 bits per heavy atom. The molecule has 0 heterocycles. The molecule has 0 aliphatic carbocycles. The van der Waals surface area contributed by atoms with Gasteiger partial charge in [0.15, 0.2) is 18.1 Å². The molecule has 0 aliphatic heterocycles. The molecule has 0 spiro atoms. The summed E-state index contributed by atoms with van der Waals surface area (Å²) in [6, 6.07) is -3.38. The van der Waals surface area contributed by atoms with E-state index in [0.29, 0.717) is 25.7 Å². The molecule has 0 saturated heterocycles.